The van der Waals surface area contributed by atoms with Crippen LogP contribution in [0.15, 0.2) is 218 Å². The fourth-order valence-corrected chi connectivity index (χ4v) is 9.72. The van der Waals surface area contributed by atoms with E-state index in [-0.39, 0.29) is 44.3 Å². The number of para-hydroxylation sites is 2. The van der Waals surface area contributed by atoms with Gasteiger partial charge in [0.25, 0.3) is 0 Å². The van der Waals surface area contributed by atoms with Gasteiger partial charge in [-0.05, 0) is 165 Å². The van der Waals surface area contributed by atoms with E-state index in [1.54, 1.807) is 30.3 Å². The Labute approximate surface area is 563 Å². The molecule has 0 amide bonds. The number of esters is 3. The molecular formula is C79H94Cl2O12. The average molecular weight is 1310 g/mol. The number of carbonyl (C=O) groups is 3. The third kappa shape index (κ3) is 32.7. The van der Waals surface area contributed by atoms with Crippen molar-refractivity contribution in [3.8, 4) is 22.6 Å². The summed E-state index contributed by atoms with van der Waals surface area (Å²) < 4.78 is 38.4. The lowest BCUT2D eigenvalue weighted by molar-refractivity contribution is -0.191. The molecule has 0 saturated heterocycles. The predicted molar refractivity (Wildman–Crippen MR) is 373 cm³/mol. The molecule has 1 saturated carbocycles. The molecule has 1 aliphatic rings. The van der Waals surface area contributed by atoms with Crippen molar-refractivity contribution in [1.82, 2.24) is 0 Å². The molecule has 9 rings (SSSR count). The van der Waals surface area contributed by atoms with E-state index in [0.29, 0.717) is 60.2 Å². The Morgan fingerprint density at radius 3 is 1.49 bits per heavy atom. The van der Waals surface area contributed by atoms with Crippen molar-refractivity contribution in [2.24, 2.45) is 17.3 Å². The zero-order valence-electron chi connectivity index (χ0n) is 54.8. The second kappa shape index (κ2) is 46.7. The first-order chi connectivity index (χ1) is 45.2. The lowest BCUT2D eigenvalue weighted by Gasteiger charge is -2.28. The van der Waals surface area contributed by atoms with Crippen LogP contribution in [0.5, 0.6) is 11.5 Å². The van der Waals surface area contributed by atoms with Crippen LogP contribution in [-0.2, 0) is 46.1 Å². The summed E-state index contributed by atoms with van der Waals surface area (Å²) in [5, 5.41) is 1.41. The van der Waals surface area contributed by atoms with Crippen LogP contribution in [-0.4, -0.2) is 70.7 Å². The van der Waals surface area contributed by atoms with Crippen LogP contribution in [0, 0.1) is 24.2 Å². The maximum atomic E-state index is 12.4. The minimum Gasteiger partial charge on any atom is -0.468 e. The SMILES string of the molecule is CC(C)(COCOc1ccccc1)COC(=O)c1ccccc1.CCCCOC(=O)c1ccccc1-c1ccccc1CCCC.CCCc1ccccc1.Cc1ccc(Cl)cc1Cl.O=C(OCC1CCC(COCOc2ccccc2)CC1)c1ccccc1.O=C=O.[HH]. The fourth-order valence-electron chi connectivity index (χ4n) is 9.31. The van der Waals surface area contributed by atoms with E-state index in [4.69, 9.17) is 65.9 Å². The molecule has 0 bridgehead atoms. The number of halogens is 2. The monoisotopic (exact) mass is 1300 g/mol. The topological polar surface area (TPSA) is 150 Å². The number of unbranched alkanes of at least 4 members (excludes halogenated alkanes) is 2. The molecule has 0 aromatic heterocycles. The molecule has 1 aliphatic carbocycles. The van der Waals surface area contributed by atoms with Crippen LogP contribution in [0.25, 0.3) is 11.1 Å². The summed E-state index contributed by atoms with van der Waals surface area (Å²) in [7, 11) is 0. The van der Waals surface area contributed by atoms with Gasteiger partial charge in [-0.2, -0.15) is 9.59 Å². The average Bonchev–Trinajstić information content (AvgIpc) is 0.829. The van der Waals surface area contributed by atoms with Crippen LogP contribution in [0.2, 0.25) is 10.0 Å². The van der Waals surface area contributed by atoms with Gasteiger partial charge in [-0.15, -0.1) is 0 Å². The third-order valence-electron chi connectivity index (χ3n) is 14.5. The Balaban J connectivity index is 0.000000317. The number of hydrogen-bond donors (Lipinski definition) is 0. The summed E-state index contributed by atoms with van der Waals surface area (Å²) in [6.07, 6.45) is 12.4. The molecule has 0 radical (unpaired) electrons. The van der Waals surface area contributed by atoms with Crippen molar-refractivity contribution < 1.29 is 58.6 Å². The number of aryl methyl sites for hydroxylation is 3. The van der Waals surface area contributed by atoms with Gasteiger partial charge in [0, 0.05) is 16.9 Å². The molecule has 12 nitrogen and oxygen atoms in total. The summed E-state index contributed by atoms with van der Waals surface area (Å²) in [5.41, 5.74) is 7.45. The van der Waals surface area contributed by atoms with Crippen molar-refractivity contribution in [3.63, 3.8) is 0 Å². The quantitative estimate of drug-likeness (QED) is 0.0220. The van der Waals surface area contributed by atoms with Gasteiger partial charge < -0.3 is 33.2 Å². The molecule has 0 N–H and O–H groups in total. The summed E-state index contributed by atoms with van der Waals surface area (Å²) in [5.74, 6) is 1.85. The highest BCUT2D eigenvalue weighted by molar-refractivity contribution is 6.35. The highest BCUT2D eigenvalue weighted by Gasteiger charge is 2.24. The minimum atomic E-state index is -0.320. The Morgan fingerprint density at radius 2 is 0.968 bits per heavy atom. The van der Waals surface area contributed by atoms with Crippen molar-refractivity contribution in [2.75, 3.05) is 46.6 Å². The summed E-state index contributed by atoms with van der Waals surface area (Å²) in [6.45, 7) is 15.3. The Kier molecular flexibility index (Phi) is 38.7. The molecule has 8 aromatic rings. The Bertz CT molecular complexity index is 3330. The van der Waals surface area contributed by atoms with E-state index in [9.17, 15) is 14.4 Å². The summed E-state index contributed by atoms with van der Waals surface area (Å²) >= 11 is 11.4. The first kappa shape index (κ1) is 77.1. The number of benzene rings is 8. The molecule has 93 heavy (non-hydrogen) atoms. The van der Waals surface area contributed by atoms with Gasteiger partial charge in [0.05, 0.1) is 49.7 Å². The fraction of sp³-hybridized carbons (Fsp3) is 0.342. The van der Waals surface area contributed by atoms with E-state index < -0.39 is 0 Å². The smallest absolute Gasteiger partial charge is 0.373 e. The van der Waals surface area contributed by atoms with Crippen molar-refractivity contribution in [2.45, 2.75) is 112 Å². The molecular weight excluding hydrogens is 1210 g/mol. The van der Waals surface area contributed by atoms with Crippen LogP contribution < -0.4 is 9.47 Å². The van der Waals surface area contributed by atoms with Gasteiger partial charge in [-0.3, -0.25) is 0 Å². The second-order valence-corrected chi connectivity index (χ2v) is 23.7. The van der Waals surface area contributed by atoms with Gasteiger partial charge in [0.15, 0.2) is 13.6 Å². The number of rotatable bonds is 26. The molecule has 496 valence electrons. The van der Waals surface area contributed by atoms with Gasteiger partial charge in [0.2, 0.25) is 0 Å². The highest BCUT2D eigenvalue weighted by Crippen LogP contribution is 2.31. The number of hydrogen-bond acceptors (Lipinski definition) is 12. The van der Waals surface area contributed by atoms with Gasteiger partial charge in [-0.25, -0.2) is 14.4 Å². The van der Waals surface area contributed by atoms with E-state index in [2.05, 4.69) is 69.3 Å². The van der Waals surface area contributed by atoms with Gasteiger partial charge in [-0.1, -0.05) is 229 Å². The molecule has 0 atom stereocenters. The van der Waals surface area contributed by atoms with Crippen LogP contribution in [0.4, 0.5) is 0 Å². The summed E-state index contributed by atoms with van der Waals surface area (Å²) in [4.78, 5) is 52.6. The lowest BCUT2D eigenvalue weighted by Crippen LogP contribution is -2.28. The van der Waals surface area contributed by atoms with Crippen molar-refractivity contribution in [3.05, 3.63) is 262 Å². The molecule has 1 fully saturated rings. The lowest BCUT2D eigenvalue weighted by atomic mass is 9.83. The first-order valence-corrected chi connectivity index (χ1v) is 32.7. The molecule has 0 aliphatic heterocycles. The molecule has 14 heteroatoms. The largest absolute Gasteiger partial charge is 0.468 e. The second-order valence-electron chi connectivity index (χ2n) is 22.8. The van der Waals surface area contributed by atoms with Gasteiger partial charge >= 0.3 is 24.1 Å². The highest BCUT2D eigenvalue weighted by atomic mass is 35.5. The molecule has 0 unspecified atom stereocenters. The minimum absolute atomic E-state index is 0. The maximum absolute atomic E-state index is 12.4. The number of ether oxygens (including phenoxy) is 7. The third-order valence-corrected chi connectivity index (χ3v) is 15.1. The van der Waals surface area contributed by atoms with E-state index in [1.165, 1.54) is 24.0 Å². The zero-order valence-corrected chi connectivity index (χ0v) is 56.3. The standard InChI is InChI=1S/C22H26O4.C21H26O2.C19H22O4.C9H12.C7H6Cl2.CO2.H2/c23-22(20-7-3-1-4-8-20)25-16-19-13-11-18(12-14-19)15-24-17-26-21-9-5-2-6-10-21;1-3-5-11-17-12-7-8-13-18(17)19-14-9-10-15-20(19)21(22)23-16-6-4-2;1-19(2,13-21-15-23-17-11-7-4-8-12-17)14-22-18(20)16-9-5-3-6-10-16;1-2-6-9-7-4-3-5-8-9;1-5-2-3-6(8)4-7(5)9;2-1-3;/h1-10,18-19H,11-17H2;7-10,12-15H,3-6,11,16H2,1-2H3;3-12H,13-15H2,1-2H3;3-5,7-8H,2,6H2,1H3;2-4H,1H3;;1H. The molecule has 8 aromatic carbocycles. The Morgan fingerprint density at radius 1 is 0.495 bits per heavy atom. The maximum Gasteiger partial charge on any atom is 0.373 e. The zero-order chi connectivity index (χ0) is 67.2. The van der Waals surface area contributed by atoms with E-state index >= 15 is 0 Å². The van der Waals surface area contributed by atoms with Crippen molar-refractivity contribution in [1.29, 1.82) is 0 Å². The first-order valence-electron chi connectivity index (χ1n) is 31.9. The van der Waals surface area contributed by atoms with Crippen LogP contribution >= 0.6 is 23.2 Å². The van der Waals surface area contributed by atoms with Crippen LogP contribution in [0.3, 0.4) is 0 Å². The molecule has 0 spiro atoms. The van der Waals surface area contributed by atoms with E-state index in [0.717, 1.165) is 97.6 Å². The number of carbonyl (C=O) groups excluding carboxylic acids is 5. The van der Waals surface area contributed by atoms with Crippen molar-refractivity contribution >= 4 is 47.3 Å². The normalized spacial score (nSPS) is 12.8. The Hall–Kier alpha value is -8.35. The molecule has 0 heterocycles. The summed E-state index contributed by atoms with van der Waals surface area (Å²) in [6, 6.07) is 69.4. The predicted octanol–water partition coefficient (Wildman–Crippen LogP) is 19.9. The van der Waals surface area contributed by atoms with Gasteiger partial charge in [0.1, 0.15) is 11.5 Å². The van der Waals surface area contributed by atoms with E-state index in [1.807, 2.05) is 160 Å². The van der Waals surface area contributed by atoms with Crippen LogP contribution in [0.1, 0.15) is 142 Å².